The minimum Gasteiger partial charge on any atom is -0.374 e. The van der Waals surface area contributed by atoms with E-state index in [0.717, 1.165) is 28.4 Å². The fraction of sp³-hybridized carbons (Fsp3) is 0.273. The highest BCUT2D eigenvalue weighted by atomic mass is 79.9. The van der Waals surface area contributed by atoms with Crippen molar-refractivity contribution in [1.82, 2.24) is 14.9 Å². The van der Waals surface area contributed by atoms with Crippen LogP contribution in [0.1, 0.15) is 5.82 Å². The van der Waals surface area contributed by atoms with Crippen LogP contribution in [0, 0.1) is 6.92 Å². The largest absolute Gasteiger partial charge is 0.374 e. The second kappa shape index (κ2) is 4.65. The number of likely N-dealkylation sites (N-methyl/N-ethyl adjacent to an activating group) is 1. The van der Waals surface area contributed by atoms with Gasteiger partial charge in [-0.2, -0.15) is 0 Å². The molecule has 0 unspecified atom stereocenters. The van der Waals surface area contributed by atoms with Crippen molar-refractivity contribution < 1.29 is 0 Å². The third-order valence-electron chi connectivity index (χ3n) is 2.14. The molecule has 0 saturated heterocycles. The average Bonchev–Trinajstić information content (AvgIpc) is 2.15. The highest BCUT2D eigenvalue weighted by molar-refractivity contribution is 9.11. The molecular formula is C11H13BrN4. The van der Waals surface area contributed by atoms with Gasteiger partial charge in [-0.15, -0.1) is 0 Å². The second-order valence-electron chi connectivity index (χ2n) is 3.71. The lowest BCUT2D eigenvalue weighted by atomic mass is 10.3. The molecule has 4 nitrogen and oxygen atoms in total. The Morgan fingerprint density at radius 3 is 3.00 bits per heavy atom. The number of aryl methyl sites for hydroxylation is 1. The van der Waals surface area contributed by atoms with Crippen molar-refractivity contribution in [1.29, 1.82) is 0 Å². The van der Waals surface area contributed by atoms with Gasteiger partial charge in [0.15, 0.2) is 0 Å². The van der Waals surface area contributed by atoms with Gasteiger partial charge in [-0.3, -0.25) is 0 Å². The van der Waals surface area contributed by atoms with E-state index in [2.05, 4.69) is 42.2 Å². The van der Waals surface area contributed by atoms with Gasteiger partial charge in [0.05, 0.1) is 6.54 Å². The summed E-state index contributed by atoms with van der Waals surface area (Å²) in [4.78, 5) is 10.5. The number of aromatic nitrogens is 2. The molecule has 1 aliphatic heterocycles. The fourth-order valence-electron chi connectivity index (χ4n) is 1.54. The standard InChI is InChI=1S/C11H13BrN4/c1-8-13-4-3-11(14-8)15-10-5-9(12)6-16(2)7-10/h3-6H,7H2,1-2H3,(H,13,14,15). The summed E-state index contributed by atoms with van der Waals surface area (Å²) >= 11 is 3.47. The van der Waals surface area contributed by atoms with Crippen molar-refractivity contribution in [2.24, 2.45) is 0 Å². The summed E-state index contributed by atoms with van der Waals surface area (Å²) < 4.78 is 1.05. The maximum absolute atomic E-state index is 4.30. The van der Waals surface area contributed by atoms with Crippen molar-refractivity contribution in [2.75, 3.05) is 18.9 Å². The minimum atomic E-state index is 0.768. The summed E-state index contributed by atoms with van der Waals surface area (Å²) in [7, 11) is 2.03. The Labute approximate surface area is 103 Å². The molecule has 1 aromatic heterocycles. The van der Waals surface area contributed by atoms with Gasteiger partial charge in [0.25, 0.3) is 0 Å². The molecule has 84 valence electrons. The van der Waals surface area contributed by atoms with Crippen LogP contribution in [0.15, 0.2) is 34.7 Å². The van der Waals surface area contributed by atoms with Crippen LogP contribution < -0.4 is 5.32 Å². The third kappa shape index (κ3) is 2.82. The van der Waals surface area contributed by atoms with Gasteiger partial charge in [-0.25, -0.2) is 9.97 Å². The first-order chi connectivity index (χ1) is 7.63. The molecule has 1 aromatic rings. The van der Waals surface area contributed by atoms with Gasteiger partial charge in [0.2, 0.25) is 0 Å². The Bertz CT molecular complexity index is 453. The zero-order valence-electron chi connectivity index (χ0n) is 9.24. The van der Waals surface area contributed by atoms with Crippen molar-refractivity contribution >= 4 is 21.7 Å². The molecule has 0 aromatic carbocycles. The summed E-state index contributed by atoms with van der Waals surface area (Å²) in [5, 5.41) is 3.28. The summed E-state index contributed by atoms with van der Waals surface area (Å²) in [5.74, 6) is 1.60. The van der Waals surface area contributed by atoms with E-state index in [4.69, 9.17) is 0 Å². The molecule has 1 N–H and O–H groups in total. The maximum atomic E-state index is 4.30. The van der Waals surface area contributed by atoms with Crippen LogP contribution in [-0.4, -0.2) is 28.5 Å². The topological polar surface area (TPSA) is 41.1 Å². The quantitative estimate of drug-likeness (QED) is 0.902. The van der Waals surface area contributed by atoms with Crippen LogP contribution in [0.4, 0.5) is 5.82 Å². The minimum absolute atomic E-state index is 0.768. The van der Waals surface area contributed by atoms with Gasteiger partial charge in [0, 0.05) is 29.6 Å². The fourth-order valence-corrected chi connectivity index (χ4v) is 2.17. The number of anilines is 1. The Balaban J connectivity index is 2.14. The number of allylic oxidation sites excluding steroid dienone is 2. The van der Waals surface area contributed by atoms with E-state index in [0.29, 0.717) is 0 Å². The van der Waals surface area contributed by atoms with Crippen LogP contribution in [0.25, 0.3) is 0 Å². The number of hydrogen-bond donors (Lipinski definition) is 1. The van der Waals surface area contributed by atoms with Gasteiger partial charge in [0.1, 0.15) is 11.6 Å². The highest BCUT2D eigenvalue weighted by Crippen LogP contribution is 2.18. The SMILES string of the molecule is Cc1nccc(NC2=CC(Br)=CN(C)C2)n1. The summed E-state index contributed by atoms with van der Waals surface area (Å²) in [5.41, 5.74) is 1.11. The summed E-state index contributed by atoms with van der Waals surface area (Å²) in [6.07, 6.45) is 5.84. The monoisotopic (exact) mass is 280 g/mol. The Hall–Kier alpha value is -1.36. The van der Waals surface area contributed by atoms with Crippen LogP contribution >= 0.6 is 15.9 Å². The van der Waals surface area contributed by atoms with Crippen LogP contribution in [0.2, 0.25) is 0 Å². The Morgan fingerprint density at radius 2 is 2.31 bits per heavy atom. The number of rotatable bonds is 2. The van der Waals surface area contributed by atoms with E-state index in [1.807, 2.05) is 26.2 Å². The number of halogens is 1. The van der Waals surface area contributed by atoms with Crippen molar-refractivity contribution in [2.45, 2.75) is 6.92 Å². The molecule has 0 atom stereocenters. The molecule has 16 heavy (non-hydrogen) atoms. The first kappa shape index (κ1) is 11.1. The maximum Gasteiger partial charge on any atom is 0.133 e. The first-order valence-electron chi connectivity index (χ1n) is 4.98. The van der Waals surface area contributed by atoms with E-state index in [1.165, 1.54) is 0 Å². The zero-order chi connectivity index (χ0) is 11.5. The van der Waals surface area contributed by atoms with Crippen molar-refractivity contribution in [3.05, 3.63) is 40.5 Å². The molecule has 0 bridgehead atoms. The normalized spacial score (nSPS) is 15.6. The zero-order valence-corrected chi connectivity index (χ0v) is 10.8. The molecule has 0 radical (unpaired) electrons. The van der Waals surface area contributed by atoms with E-state index >= 15 is 0 Å². The molecule has 2 rings (SSSR count). The lowest BCUT2D eigenvalue weighted by Crippen LogP contribution is -2.22. The Kier molecular flexibility index (Phi) is 3.24. The average molecular weight is 281 g/mol. The van der Waals surface area contributed by atoms with E-state index in [1.54, 1.807) is 6.20 Å². The number of nitrogens with one attached hydrogen (secondary N) is 1. The number of nitrogens with zero attached hydrogens (tertiary/aromatic N) is 3. The highest BCUT2D eigenvalue weighted by Gasteiger charge is 2.08. The summed E-state index contributed by atoms with van der Waals surface area (Å²) in [6, 6.07) is 1.86. The lowest BCUT2D eigenvalue weighted by molar-refractivity contribution is 0.491. The van der Waals surface area contributed by atoms with Crippen LogP contribution in [0.5, 0.6) is 0 Å². The lowest BCUT2D eigenvalue weighted by Gasteiger charge is -2.22. The summed E-state index contributed by atoms with van der Waals surface area (Å²) in [6.45, 7) is 2.72. The second-order valence-corrected chi connectivity index (χ2v) is 4.63. The van der Waals surface area contributed by atoms with E-state index < -0.39 is 0 Å². The molecule has 0 spiro atoms. The van der Waals surface area contributed by atoms with E-state index in [-0.39, 0.29) is 0 Å². The molecule has 2 heterocycles. The third-order valence-corrected chi connectivity index (χ3v) is 2.57. The van der Waals surface area contributed by atoms with Gasteiger partial charge in [-0.05, 0) is 35.0 Å². The van der Waals surface area contributed by atoms with Gasteiger partial charge in [-0.1, -0.05) is 0 Å². The van der Waals surface area contributed by atoms with Crippen molar-refractivity contribution in [3.63, 3.8) is 0 Å². The predicted molar refractivity (Wildman–Crippen MR) is 68.1 cm³/mol. The molecule has 0 aliphatic carbocycles. The van der Waals surface area contributed by atoms with Gasteiger partial charge >= 0.3 is 0 Å². The van der Waals surface area contributed by atoms with E-state index in [9.17, 15) is 0 Å². The van der Waals surface area contributed by atoms with Crippen LogP contribution in [0.3, 0.4) is 0 Å². The van der Waals surface area contributed by atoms with Crippen LogP contribution in [-0.2, 0) is 0 Å². The molecule has 0 amide bonds. The Morgan fingerprint density at radius 1 is 1.50 bits per heavy atom. The van der Waals surface area contributed by atoms with Gasteiger partial charge < -0.3 is 10.2 Å². The molecule has 0 fully saturated rings. The smallest absolute Gasteiger partial charge is 0.133 e. The number of hydrogen-bond acceptors (Lipinski definition) is 4. The van der Waals surface area contributed by atoms with Crippen molar-refractivity contribution in [3.8, 4) is 0 Å². The molecule has 1 aliphatic rings. The molecule has 0 saturated carbocycles. The first-order valence-corrected chi connectivity index (χ1v) is 5.77. The molecule has 5 heteroatoms. The molecular weight excluding hydrogens is 268 g/mol. The predicted octanol–water partition coefficient (Wildman–Crippen LogP) is 2.26.